The first-order valence-electron chi connectivity index (χ1n) is 5.62. The fraction of sp³-hybridized carbons (Fsp3) is 0.636. The average molecular weight is 221 g/mol. The molecule has 16 heavy (non-hydrogen) atoms. The number of nitrogens with zero attached hydrogens (tertiary/aromatic N) is 2. The zero-order valence-electron chi connectivity index (χ0n) is 8.97. The Bertz CT molecular complexity index is 484. The molecule has 2 fully saturated rings. The second-order valence-electron chi connectivity index (χ2n) is 4.98. The van der Waals surface area contributed by atoms with E-state index in [1.807, 2.05) is 0 Å². The minimum absolute atomic E-state index is 0.103. The predicted octanol–water partition coefficient (Wildman–Crippen LogP) is 0.159. The molecule has 3 rings (SSSR count). The summed E-state index contributed by atoms with van der Waals surface area (Å²) in [7, 11) is 0. The smallest absolute Gasteiger partial charge is 0.349 e. The molecule has 3 N–H and O–H groups in total. The molecule has 2 aliphatic rings. The summed E-state index contributed by atoms with van der Waals surface area (Å²) in [6, 6.07) is 1.86. The van der Waals surface area contributed by atoms with Crippen molar-refractivity contribution in [2.24, 2.45) is 11.3 Å². The van der Waals surface area contributed by atoms with Crippen LogP contribution in [-0.4, -0.2) is 21.3 Å². The number of hydrogen-bond donors (Lipinski definition) is 2. The molecule has 5 nitrogen and oxygen atoms in total. The molecule has 0 spiro atoms. The zero-order chi connectivity index (χ0) is 11.3. The number of aromatic nitrogens is 2. The molecule has 0 bridgehead atoms. The van der Waals surface area contributed by atoms with E-state index in [-0.39, 0.29) is 29.6 Å². The molecule has 0 saturated heterocycles. The van der Waals surface area contributed by atoms with Gasteiger partial charge >= 0.3 is 5.69 Å². The Morgan fingerprint density at radius 3 is 3.06 bits per heavy atom. The summed E-state index contributed by atoms with van der Waals surface area (Å²) in [5.41, 5.74) is 5.29. The van der Waals surface area contributed by atoms with Crippen LogP contribution in [0.3, 0.4) is 0 Å². The van der Waals surface area contributed by atoms with Crippen LogP contribution in [0.15, 0.2) is 17.1 Å². The lowest BCUT2D eigenvalue weighted by molar-refractivity contribution is 0.205. The van der Waals surface area contributed by atoms with Gasteiger partial charge in [0, 0.05) is 18.8 Å². The molecule has 86 valence electrons. The van der Waals surface area contributed by atoms with Crippen LogP contribution in [-0.2, 0) is 0 Å². The van der Waals surface area contributed by atoms with Gasteiger partial charge in [0.1, 0.15) is 5.82 Å². The number of rotatable bonds is 2. The van der Waals surface area contributed by atoms with E-state index in [4.69, 9.17) is 5.73 Å². The highest BCUT2D eigenvalue weighted by atomic mass is 16.3. The van der Waals surface area contributed by atoms with E-state index in [2.05, 4.69) is 4.98 Å². The molecule has 5 heteroatoms. The van der Waals surface area contributed by atoms with E-state index >= 15 is 0 Å². The second-order valence-corrected chi connectivity index (χ2v) is 4.98. The summed E-state index contributed by atoms with van der Waals surface area (Å²) in [5, 5.41) is 9.32. The molecule has 0 radical (unpaired) electrons. The summed E-state index contributed by atoms with van der Waals surface area (Å²) < 4.78 is 1.67. The van der Waals surface area contributed by atoms with Crippen molar-refractivity contribution in [2.45, 2.75) is 25.3 Å². The molecule has 2 aliphatic carbocycles. The topological polar surface area (TPSA) is 81.1 Å². The molecule has 0 unspecified atom stereocenters. The van der Waals surface area contributed by atoms with E-state index in [1.165, 1.54) is 0 Å². The number of nitrogen functional groups attached to an aromatic ring is 1. The Labute approximate surface area is 92.9 Å². The van der Waals surface area contributed by atoms with Crippen molar-refractivity contribution < 1.29 is 5.11 Å². The Balaban J connectivity index is 1.92. The molecule has 1 heterocycles. The van der Waals surface area contributed by atoms with Crippen molar-refractivity contribution in [1.29, 1.82) is 0 Å². The zero-order valence-corrected chi connectivity index (χ0v) is 8.97. The van der Waals surface area contributed by atoms with Gasteiger partial charge < -0.3 is 10.8 Å². The maximum atomic E-state index is 11.7. The largest absolute Gasteiger partial charge is 0.396 e. The van der Waals surface area contributed by atoms with Crippen molar-refractivity contribution in [3.05, 3.63) is 22.7 Å². The molecular formula is C11H15N3O2. The first-order chi connectivity index (χ1) is 7.66. The summed E-state index contributed by atoms with van der Waals surface area (Å²) in [6.07, 6.45) is 4.72. The maximum Gasteiger partial charge on any atom is 0.349 e. The first kappa shape index (κ1) is 9.84. The van der Waals surface area contributed by atoms with Gasteiger partial charge in [-0.15, -0.1) is 0 Å². The van der Waals surface area contributed by atoms with Gasteiger partial charge in [0.25, 0.3) is 0 Å². The molecule has 0 aliphatic heterocycles. The highest BCUT2D eigenvalue weighted by Crippen LogP contribution is 2.66. The van der Waals surface area contributed by atoms with E-state index in [1.54, 1.807) is 16.8 Å². The third-order valence-electron chi connectivity index (χ3n) is 4.18. The average Bonchev–Trinajstić information content (AvgIpc) is 2.88. The summed E-state index contributed by atoms with van der Waals surface area (Å²) in [4.78, 5) is 15.4. The second kappa shape index (κ2) is 3.07. The van der Waals surface area contributed by atoms with Crippen molar-refractivity contribution in [2.75, 3.05) is 12.3 Å². The molecule has 0 aromatic carbocycles. The van der Waals surface area contributed by atoms with Gasteiger partial charge in [-0.1, -0.05) is 0 Å². The van der Waals surface area contributed by atoms with E-state index in [9.17, 15) is 9.90 Å². The van der Waals surface area contributed by atoms with Crippen LogP contribution >= 0.6 is 0 Å². The molecule has 1 aromatic rings. The van der Waals surface area contributed by atoms with Crippen LogP contribution in [0.2, 0.25) is 0 Å². The van der Waals surface area contributed by atoms with Gasteiger partial charge in [-0.2, -0.15) is 4.98 Å². The molecular weight excluding hydrogens is 206 g/mol. The molecule has 3 atom stereocenters. The van der Waals surface area contributed by atoms with Crippen LogP contribution in [0.1, 0.15) is 25.3 Å². The van der Waals surface area contributed by atoms with Crippen LogP contribution in [0.5, 0.6) is 0 Å². The number of aliphatic hydroxyl groups excluding tert-OH is 1. The minimum Gasteiger partial charge on any atom is -0.396 e. The van der Waals surface area contributed by atoms with Gasteiger partial charge in [0.15, 0.2) is 0 Å². The van der Waals surface area contributed by atoms with E-state index in [0.717, 1.165) is 19.3 Å². The Morgan fingerprint density at radius 2 is 2.50 bits per heavy atom. The molecule has 0 amide bonds. The highest BCUT2D eigenvalue weighted by Gasteiger charge is 2.61. The third kappa shape index (κ3) is 1.21. The molecule has 1 aromatic heterocycles. The van der Waals surface area contributed by atoms with Gasteiger partial charge in [0.2, 0.25) is 0 Å². The van der Waals surface area contributed by atoms with E-state index in [0.29, 0.717) is 5.92 Å². The van der Waals surface area contributed by atoms with Crippen molar-refractivity contribution in [3.8, 4) is 0 Å². The maximum absolute atomic E-state index is 11.7. The van der Waals surface area contributed by atoms with Crippen LogP contribution < -0.4 is 11.4 Å². The Morgan fingerprint density at radius 1 is 1.69 bits per heavy atom. The minimum atomic E-state index is -0.273. The fourth-order valence-corrected chi connectivity index (χ4v) is 3.12. The van der Waals surface area contributed by atoms with Crippen molar-refractivity contribution in [1.82, 2.24) is 9.55 Å². The SMILES string of the molecule is Nc1ccn([C@H]2CC[C@]3(CO)C[C@H]23)c(=O)n1. The van der Waals surface area contributed by atoms with Crippen LogP contribution in [0, 0.1) is 11.3 Å². The van der Waals surface area contributed by atoms with Gasteiger partial charge in [0.05, 0.1) is 0 Å². The van der Waals surface area contributed by atoms with Gasteiger partial charge in [-0.3, -0.25) is 4.57 Å². The monoisotopic (exact) mass is 221 g/mol. The van der Waals surface area contributed by atoms with E-state index < -0.39 is 0 Å². The number of hydrogen-bond acceptors (Lipinski definition) is 4. The summed E-state index contributed by atoms with van der Waals surface area (Å²) in [6.45, 7) is 0.241. The third-order valence-corrected chi connectivity index (χ3v) is 4.18. The lowest BCUT2D eigenvalue weighted by atomic mass is 10.1. The van der Waals surface area contributed by atoms with Gasteiger partial charge in [-0.05, 0) is 36.7 Å². The normalized spacial score (nSPS) is 36.1. The van der Waals surface area contributed by atoms with Crippen LogP contribution in [0.4, 0.5) is 5.82 Å². The highest BCUT2D eigenvalue weighted by molar-refractivity contribution is 5.24. The quantitative estimate of drug-likeness (QED) is 0.745. The summed E-state index contributed by atoms with van der Waals surface area (Å²) in [5.74, 6) is 0.712. The number of nitrogens with two attached hydrogens (primary N) is 1. The first-order valence-corrected chi connectivity index (χ1v) is 5.62. The number of fused-ring (bicyclic) bond motifs is 1. The Kier molecular flexibility index (Phi) is 1.89. The summed E-state index contributed by atoms with van der Waals surface area (Å²) >= 11 is 0. The number of anilines is 1. The molecule has 2 saturated carbocycles. The standard InChI is InChI=1S/C11H15N3O2/c12-9-2-4-14(10(16)13-9)8-1-3-11(6-15)5-7(8)11/h2,4,7-8,15H,1,3,5-6H2,(H2,12,13,16)/t7-,8+,11-/m1/s1. The fourth-order valence-electron chi connectivity index (χ4n) is 3.12. The predicted molar refractivity (Wildman–Crippen MR) is 58.8 cm³/mol. The van der Waals surface area contributed by atoms with Gasteiger partial charge in [-0.25, -0.2) is 4.79 Å². The lowest BCUT2D eigenvalue weighted by Gasteiger charge is -2.14. The van der Waals surface area contributed by atoms with Crippen LogP contribution in [0.25, 0.3) is 0 Å². The Hall–Kier alpha value is -1.36. The number of aliphatic hydroxyl groups is 1. The van der Waals surface area contributed by atoms with Crippen molar-refractivity contribution in [3.63, 3.8) is 0 Å². The lowest BCUT2D eigenvalue weighted by Crippen LogP contribution is -2.27. The van der Waals surface area contributed by atoms with Crippen molar-refractivity contribution >= 4 is 5.82 Å².